The first-order chi connectivity index (χ1) is 15.1. The Balaban J connectivity index is 1.69. The summed E-state index contributed by atoms with van der Waals surface area (Å²) in [5.74, 6) is -0.448. The molecule has 1 aromatic heterocycles. The predicted octanol–water partition coefficient (Wildman–Crippen LogP) is 6.81. The molecule has 0 bridgehead atoms. The number of hydrogen-bond donors (Lipinski definition) is 3. The molecular formula is C22H15BrF2NO4PS. The zero-order valence-electron chi connectivity index (χ0n) is 16.1. The molecule has 5 nitrogen and oxygen atoms in total. The second kappa shape index (κ2) is 8.50. The van der Waals surface area contributed by atoms with E-state index in [2.05, 4.69) is 21.2 Å². The number of fused-ring (bicyclic) bond motifs is 1. The lowest BCUT2D eigenvalue weighted by molar-refractivity contribution is 0.0595. The Morgan fingerprint density at radius 2 is 1.66 bits per heavy atom. The molecule has 1 heterocycles. The fourth-order valence-corrected chi connectivity index (χ4v) is 6.11. The number of carbonyl (C=O) groups is 1. The lowest BCUT2D eigenvalue weighted by atomic mass is 10.0. The van der Waals surface area contributed by atoms with Crippen LogP contribution in [0, 0.1) is 0 Å². The molecule has 10 heteroatoms. The maximum atomic E-state index is 14.3. The Morgan fingerprint density at radius 3 is 2.34 bits per heavy atom. The quantitative estimate of drug-likeness (QED) is 0.244. The highest BCUT2D eigenvalue weighted by Crippen LogP contribution is 2.62. The summed E-state index contributed by atoms with van der Waals surface area (Å²) in [5, 5.41) is 3.11. The number of halogens is 3. The van der Waals surface area contributed by atoms with Gasteiger partial charge in [0.05, 0.1) is 0 Å². The first-order valence-corrected chi connectivity index (χ1v) is 12.4. The van der Waals surface area contributed by atoms with Crippen LogP contribution in [0.3, 0.4) is 0 Å². The molecule has 0 unspecified atom stereocenters. The van der Waals surface area contributed by atoms with E-state index in [1.165, 1.54) is 18.2 Å². The van der Waals surface area contributed by atoms with Gasteiger partial charge < -0.3 is 15.1 Å². The first-order valence-electron chi connectivity index (χ1n) is 9.21. The largest absolute Gasteiger partial charge is 0.400 e. The average molecular weight is 538 g/mol. The highest BCUT2D eigenvalue weighted by molar-refractivity contribution is 9.10. The zero-order chi connectivity index (χ0) is 23.1. The van der Waals surface area contributed by atoms with E-state index in [0.717, 1.165) is 11.1 Å². The van der Waals surface area contributed by atoms with Gasteiger partial charge in [-0.25, -0.2) is 0 Å². The number of nitrogens with one attached hydrogen (secondary N) is 1. The summed E-state index contributed by atoms with van der Waals surface area (Å²) in [6.45, 7) is 0. The van der Waals surface area contributed by atoms with Gasteiger partial charge in [-0.15, -0.1) is 11.3 Å². The van der Waals surface area contributed by atoms with Gasteiger partial charge in [0.25, 0.3) is 5.91 Å². The van der Waals surface area contributed by atoms with Crippen LogP contribution < -0.4 is 5.32 Å². The molecule has 3 aromatic carbocycles. The molecule has 0 radical (unpaired) electrons. The molecule has 0 aliphatic rings. The average Bonchev–Trinajstić information content (AvgIpc) is 3.10. The van der Waals surface area contributed by atoms with Crippen molar-refractivity contribution in [2.45, 2.75) is 5.66 Å². The van der Waals surface area contributed by atoms with Crippen LogP contribution in [0.15, 0.2) is 77.3 Å². The Labute approximate surface area is 194 Å². The molecule has 164 valence electrons. The fraction of sp³-hybridized carbons (Fsp3) is 0.0455. The van der Waals surface area contributed by atoms with Gasteiger partial charge in [0.2, 0.25) is 0 Å². The van der Waals surface area contributed by atoms with Crippen LogP contribution in [0.2, 0.25) is 0 Å². The molecule has 0 atom stereocenters. The summed E-state index contributed by atoms with van der Waals surface area (Å²) < 4.78 is 40.0. The van der Waals surface area contributed by atoms with E-state index in [1.807, 2.05) is 42.5 Å². The van der Waals surface area contributed by atoms with Crippen LogP contribution in [0.4, 0.5) is 14.5 Å². The topological polar surface area (TPSA) is 86.6 Å². The van der Waals surface area contributed by atoms with Crippen molar-refractivity contribution in [2.75, 3.05) is 5.32 Å². The van der Waals surface area contributed by atoms with Crippen molar-refractivity contribution in [3.05, 3.63) is 87.7 Å². The first kappa shape index (κ1) is 22.8. The van der Waals surface area contributed by atoms with Gasteiger partial charge in [-0.2, -0.15) is 8.78 Å². The van der Waals surface area contributed by atoms with Gasteiger partial charge in [0.1, 0.15) is 4.88 Å². The molecule has 0 fully saturated rings. The van der Waals surface area contributed by atoms with Gasteiger partial charge in [-0.05, 0) is 45.8 Å². The van der Waals surface area contributed by atoms with Crippen LogP contribution in [-0.4, -0.2) is 15.7 Å². The lowest BCUT2D eigenvalue weighted by Gasteiger charge is -2.16. The van der Waals surface area contributed by atoms with Gasteiger partial charge >= 0.3 is 13.3 Å². The lowest BCUT2D eigenvalue weighted by Crippen LogP contribution is -2.12. The van der Waals surface area contributed by atoms with E-state index in [0.29, 0.717) is 21.7 Å². The van der Waals surface area contributed by atoms with Crippen LogP contribution in [-0.2, 0) is 10.2 Å². The van der Waals surface area contributed by atoms with E-state index >= 15 is 0 Å². The second-order valence-corrected chi connectivity index (χ2v) is 10.4. The van der Waals surface area contributed by atoms with E-state index < -0.39 is 24.0 Å². The third kappa shape index (κ3) is 4.14. The molecule has 4 rings (SSSR count). The number of para-hydroxylation sites is 1. The maximum Gasteiger partial charge on any atom is 0.400 e. The molecule has 0 spiro atoms. The van der Waals surface area contributed by atoms with E-state index in [-0.39, 0.29) is 15.4 Å². The SMILES string of the molecule is O=C(Nc1ccccc1-c1ccccc1)c1ccc2sc(C(F)(F)P(=O)(O)O)c(Br)c2c1. The van der Waals surface area contributed by atoms with Crippen LogP contribution >= 0.6 is 34.9 Å². The number of amides is 1. The molecule has 3 N–H and O–H groups in total. The third-order valence-electron chi connectivity index (χ3n) is 4.79. The van der Waals surface area contributed by atoms with E-state index in [9.17, 15) is 18.1 Å². The Bertz CT molecular complexity index is 1370. The van der Waals surface area contributed by atoms with Crippen LogP contribution in [0.5, 0.6) is 0 Å². The Kier molecular flexibility index (Phi) is 6.04. The molecule has 0 aliphatic carbocycles. The van der Waals surface area contributed by atoms with Crippen molar-refractivity contribution in [3.63, 3.8) is 0 Å². The van der Waals surface area contributed by atoms with Gasteiger partial charge in [-0.1, -0.05) is 48.5 Å². The Hall–Kier alpha value is -2.42. The van der Waals surface area contributed by atoms with Gasteiger partial charge in [-0.3, -0.25) is 9.36 Å². The molecule has 0 aliphatic heterocycles. The van der Waals surface area contributed by atoms with Crippen molar-refractivity contribution >= 4 is 56.5 Å². The monoisotopic (exact) mass is 537 g/mol. The summed E-state index contributed by atoms with van der Waals surface area (Å²) in [7, 11) is -5.72. The summed E-state index contributed by atoms with van der Waals surface area (Å²) in [6, 6.07) is 21.2. The van der Waals surface area contributed by atoms with Crippen LogP contribution in [0.25, 0.3) is 21.2 Å². The maximum absolute atomic E-state index is 14.3. The normalized spacial score (nSPS) is 12.2. The number of thiophene rings is 1. The Morgan fingerprint density at radius 1 is 1.00 bits per heavy atom. The molecule has 32 heavy (non-hydrogen) atoms. The van der Waals surface area contributed by atoms with Crippen LogP contribution in [0.1, 0.15) is 15.2 Å². The minimum absolute atomic E-state index is 0.148. The number of benzene rings is 3. The van der Waals surface area contributed by atoms with Crippen molar-refractivity contribution in [1.29, 1.82) is 0 Å². The number of hydrogen-bond acceptors (Lipinski definition) is 3. The smallest absolute Gasteiger partial charge is 0.321 e. The van der Waals surface area contributed by atoms with Gasteiger partial charge in [0, 0.05) is 31.4 Å². The van der Waals surface area contributed by atoms with Crippen molar-refractivity contribution in [1.82, 2.24) is 0 Å². The molecular weight excluding hydrogens is 523 g/mol. The summed E-state index contributed by atoms with van der Waals surface area (Å²) in [4.78, 5) is 30.3. The zero-order valence-corrected chi connectivity index (χ0v) is 19.4. The predicted molar refractivity (Wildman–Crippen MR) is 125 cm³/mol. The number of rotatable bonds is 5. The van der Waals surface area contributed by atoms with Crippen molar-refractivity contribution < 1.29 is 27.9 Å². The molecule has 4 aromatic rings. The minimum atomic E-state index is -5.72. The summed E-state index contributed by atoms with van der Waals surface area (Å²) >= 11 is 3.59. The number of alkyl halides is 2. The van der Waals surface area contributed by atoms with Crippen molar-refractivity contribution in [2.24, 2.45) is 0 Å². The fourth-order valence-electron chi connectivity index (χ4n) is 3.19. The molecule has 0 saturated carbocycles. The van der Waals surface area contributed by atoms with E-state index in [4.69, 9.17) is 9.79 Å². The minimum Gasteiger partial charge on any atom is -0.321 e. The highest BCUT2D eigenvalue weighted by Gasteiger charge is 2.53. The van der Waals surface area contributed by atoms with Crippen molar-refractivity contribution in [3.8, 4) is 11.1 Å². The third-order valence-corrected chi connectivity index (χ3v) is 8.22. The number of anilines is 1. The summed E-state index contributed by atoms with van der Waals surface area (Å²) in [6.07, 6.45) is 0. The summed E-state index contributed by atoms with van der Waals surface area (Å²) in [5.41, 5.74) is -1.80. The molecule has 0 saturated heterocycles. The van der Waals surface area contributed by atoms with E-state index in [1.54, 1.807) is 12.1 Å². The standard InChI is InChI=1S/C22H15BrF2NO4PS/c23-19-16-12-14(10-11-18(16)32-20(19)22(24,25)31(28,29)30)21(27)26-17-9-5-4-8-15(17)13-6-2-1-3-7-13/h1-12H,(H,26,27)(H2,28,29,30). The molecule has 1 amide bonds. The number of carbonyl (C=O) groups excluding carboxylic acids is 1. The second-order valence-electron chi connectivity index (χ2n) is 6.91. The van der Waals surface area contributed by atoms with Gasteiger partial charge in [0.15, 0.2) is 0 Å². The highest BCUT2D eigenvalue weighted by atomic mass is 79.9.